The summed E-state index contributed by atoms with van der Waals surface area (Å²) in [5.41, 5.74) is 2.22. The van der Waals surface area contributed by atoms with Gasteiger partial charge in [0, 0.05) is 37.0 Å². The average Bonchev–Trinajstić information content (AvgIpc) is 3.04. The largest absolute Gasteiger partial charge is 0.453 e. The highest BCUT2D eigenvalue weighted by Gasteiger charge is 2.37. The molecule has 0 N–H and O–H groups in total. The molecule has 2 aromatic heterocycles. The van der Waals surface area contributed by atoms with E-state index < -0.39 is 16.9 Å². The molecular weight excluding hydrogens is 365 g/mol. The van der Waals surface area contributed by atoms with E-state index in [4.69, 9.17) is 0 Å². The SMILES string of the molecule is Cc1cc(N2CCc3ccc([N+](=O)[O-])cc3C2)n2nc(C(F)(F)F)nc2n1. The van der Waals surface area contributed by atoms with Gasteiger partial charge in [-0.3, -0.25) is 10.1 Å². The van der Waals surface area contributed by atoms with Crippen molar-refractivity contribution in [1.82, 2.24) is 19.6 Å². The second-order valence-electron chi connectivity index (χ2n) is 6.28. The van der Waals surface area contributed by atoms with Crippen LogP contribution in [0, 0.1) is 17.0 Å². The van der Waals surface area contributed by atoms with E-state index >= 15 is 0 Å². The van der Waals surface area contributed by atoms with Gasteiger partial charge in [0.1, 0.15) is 5.82 Å². The average molecular weight is 378 g/mol. The number of anilines is 1. The summed E-state index contributed by atoms with van der Waals surface area (Å²) in [5, 5.41) is 14.6. The molecule has 0 saturated heterocycles. The third kappa shape index (κ3) is 3.04. The first-order valence-electron chi connectivity index (χ1n) is 8.05. The molecule has 3 aromatic rings. The van der Waals surface area contributed by atoms with E-state index in [2.05, 4.69) is 15.1 Å². The number of halogens is 3. The van der Waals surface area contributed by atoms with E-state index in [1.807, 2.05) is 4.90 Å². The van der Waals surface area contributed by atoms with Crippen molar-refractivity contribution in [2.24, 2.45) is 0 Å². The molecule has 0 saturated carbocycles. The third-order valence-corrected chi connectivity index (χ3v) is 4.41. The quantitative estimate of drug-likeness (QED) is 0.503. The second kappa shape index (κ2) is 5.89. The maximum absolute atomic E-state index is 13.0. The predicted octanol–water partition coefficient (Wildman–Crippen LogP) is 2.92. The van der Waals surface area contributed by atoms with Crippen LogP contribution in [0.2, 0.25) is 0 Å². The number of benzene rings is 1. The summed E-state index contributed by atoms with van der Waals surface area (Å²) in [4.78, 5) is 19.9. The Morgan fingerprint density at radius 3 is 2.67 bits per heavy atom. The summed E-state index contributed by atoms with van der Waals surface area (Å²) < 4.78 is 40.0. The molecule has 1 aliphatic heterocycles. The maximum Gasteiger partial charge on any atom is 0.453 e. The smallest absolute Gasteiger partial charge is 0.352 e. The van der Waals surface area contributed by atoms with Gasteiger partial charge in [-0.25, -0.2) is 4.98 Å². The number of nitro groups is 1. The monoisotopic (exact) mass is 378 g/mol. The lowest BCUT2D eigenvalue weighted by molar-refractivity contribution is -0.384. The van der Waals surface area contributed by atoms with Crippen LogP contribution < -0.4 is 4.90 Å². The Hall–Kier alpha value is -3.24. The topological polar surface area (TPSA) is 89.5 Å². The minimum atomic E-state index is -4.67. The molecule has 0 fully saturated rings. The van der Waals surface area contributed by atoms with Crippen molar-refractivity contribution in [1.29, 1.82) is 0 Å². The highest BCUT2D eigenvalue weighted by Crippen LogP contribution is 2.30. The second-order valence-corrected chi connectivity index (χ2v) is 6.28. The number of nitro benzene ring substituents is 1. The van der Waals surface area contributed by atoms with Gasteiger partial charge in [-0.1, -0.05) is 6.07 Å². The molecule has 0 amide bonds. The summed E-state index contributed by atoms with van der Waals surface area (Å²) in [6.07, 6.45) is -4.06. The van der Waals surface area contributed by atoms with E-state index in [1.165, 1.54) is 12.1 Å². The highest BCUT2D eigenvalue weighted by molar-refractivity contribution is 5.51. The fraction of sp³-hybridized carbons (Fsp3) is 0.312. The Kier molecular flexibility index (Phi) is 3.75. The molecule has 0 radical (unpaired) electrons. The lowest BCUT2D eigenvalue weighted by Gasteiger charge is -2.30. The van der Waals surface area contributed by atoms with Crippen molar-refractivity contribution in [3.8, 4) is 0 Å². The lowest BCUT2D eigenvalue weighted by atomic mass is 9.99. The van der Waals surface area contributed by atoms with E-state index in [9.17, 15) is 23.3 Å². The summed E-state index contributed by atoms with van der Waals surface area (Å²) in [5.74, 6) is -0.977. The zero-order chi connectivity index (χ0) is 19.3. The van der Waals surface area contributed by atoms with Crippen LogP contribution in [0.4, 0.5) is 24.7 Å². The van der Waals surface area contributed by atoms with Crippen molar-refractivity contribution in [3.05, 3.63) is 57.0 Å². The zero-order valence-corrected chi connectivity index (χ0v) is 14.1. The number of rotatable bonds is 2. The van der Waals surface area contributed by atoms with Crippen molar-refractivity contribution in [2.45, 2.75) is 26.1 Å². The Balaban J connectivity index is 1.77. The van der Waals surface area contributed by atoms with Crippen LogP contribution in [0.25, 0.3) is 5.78 Å². The predicted molar refractivity (Wildman–Crippen MR) is 88.4 cm³/mol. The molecule has 0 atom stereocenters. The van der Waals surface area contributed by atoms with Gasteiger partial charge >= 0.3 is 6.18 Å². The van der Waals surface area contributed by atoms with Gasteiger partial charge < -0.3 is 4.90 Å². The van der Waals surface area contributed by atoms with Crippen molar-refractivity contribution < 1.29 is 18.1 Å². The molecule has 3 heterocycles. The van der Waals surface area contributed by atoms with E-state index in [0.717, 1.165) is 15.6 Å². The van der Waals surface area contributed by atoms with Gasteiger partial charge in [0.05, 0.1) is 4.92 Å². The van der Waals surface area contributed by atoms with Crippen LogP contribution >= 0.6 is 0 Å². The van der Waals surface area contributed by atoms with Crippen LogP contribution in [-0.4, -0.2) is 31.1 Å². The molecule has 0 spiro atoms. The molecule has 11 heteroatoms. The van der Waals surface area contributed by atoms with Crippen LogP contribution in [0.3, 0.4) is 0 Å². The van der Waals surface area contributed by atoms with Crippen LogP contribution in [0.5, 0.6) is 0 Å². The van der Waals surface area contributed by atoms with Crippen LogP contribution in [-0.2, 0) is 19.1 Å². The molecule has 0 unspecified atom stereocenters. The van der Waals surface area contributed by atoms with Gasteiger partial charge in [-0.05, 0) is 24.5 Å². The summed E-state index contributed by atoms with van der Waals surface area (Å²) in [6, 6.07) is 6.30. The standard InChI is InChI=1S/C16H13F3N6O2/c1-9-6-13(24-15(20-9)21-14(22-24)16(17,18)19)23-5-4-10-2-3-12(25(26)27)7-11(10)8-23/h2-3,6-7H,4-5,8H2,1H3. The van der Waals surface area contributed by atoms with E-state index in [0.29, 0.717) is 31.0 Å². The van der Waals surface area contributed by atoms with E-state index in [-0.39, 0.29) is 11.5 Å². The first-order chi connectivity index (χ1) is 12.7. The zero-order valence-electron chi connectivity index (χ0n) is 14.1. The molecule has 1 aliphatic rings. The normalized spacial score (nSPS) is 14.4. The fourth-order valence-electron chi connectivity index (χ4n) is 3.17. The number of fused-ring (bicyclic) bond motifs is 2. The van der Waals surface area contributed by atoms with Gasteiger partial charge in [-0.15, -0.1) is 5.10 Å². The molecule has 27 heavy (non-hydrogen) atoms. The van der Waals surface area contributed by atoms with Crippen molar-refractivity contribution in [3.63, 3.8) is 0 Å². The molecule has 140 valence electrons. The summed E-state index contributed by atoms with van der Waals surface area (Å²) in [6.45, 7) is 2.51. The van der Waals surface area contributed by atoms with Crippen molar-refractivity contribution >= 4 is 17.3 Å². The Morgan fingerprint density at radius 2 is 1.96 bits per heavy atom. The number of alkyl halides is 3. The minimum Gasteiger partial charge on any atom is -0.352 e. The van der Waals surface area contributed by atoms with Gasteiger partial charge in [0.15, 0.2) is 0 Å². The van der Waals surface area contributed by atoms with Gasteiger partial charge in [0.25, 0.3) is 17.3 Å². The minimum absolute atomic E-state index is 0.0215. The number of aromatic nitrogens is 4. The lowest BCUT2D eigenvalue weighted by Crippen LogP contribution is -2.32. The molecule has 0 aliphatic carbocycles. The van der Waals surface area contributed by atoms with Gasteiger partial charge in [-0.2, -0.15) is 22.7 Å². The third-order valence-electron chi connectivity index (χ3n) is 4.41. The first-order valence-corrected chi connectivity index (χ1v) is 8.05. The first kappa shape index (κ1) is 17.2. The van der Waals surface area contributed by atoms with Crippen LogP contribution in [0.15, 0.2) is 24.3 Å². The Labute approximate surface area is 150 Å². The summed E-state index contributed by atoms with van der Waals surface area (Å²) in [7, 11) is 0. The number of non-ortho nitro benzene ring substituents is 1. The number of hydrogen-bond donors (Lipinski definition) is 0. The molecule has 1 aromatic carbocycles. The molecule has 8 nitrogen and oxygen atoms in total. The summed E-state index contributed by atoms with van der Waals surface area (Å²) >= 11 is 0. The highest BCUT2D eigenvalue weighted by atomic mass is 19.4. The number of hydrogen-bond acceptors (Lipinski definition) is 6. The Morgan fingerprint density at radius 1 is 1.19 bits per heavy atom. The molecular formula is C16H13F3N6O2. The molecule has 0 bridgehead atoms. The van der Waals surface area contributed by atoms with Crippen LogP contribution in [0.1, 0.15) is 22.6 Å². The fourth-order valence-corrected chi connectivity index (χ4v) is 3.17. The number of nitrogens with zero attached hydrogens (tertiary/aromatic N) is 6. The van der Waals surface area contributed by atoms with Gasteiger partial charge in [0.2, 0.25) is 0 Å². The van der Waals surface area contributed by atoms with Crippen molar-refractivity contribution in [2.75, 3.05) is 11.4 Å². The number of aryl methyl sites for hydroxylation is 1. The maximum atomic E-state index is 13.0. The van der Waals surface area contributed by atoms with E-state index in [1.54, 1.807) is 19.1 Å². The molecule has 4 rings (SSSR count). The Bertz CT molecular complexity index is 1060.